The van der Waals surface area contributed by atoms with Crippen molar-refractivity contribution in [1.29, 1.82) is 0 Å². The predicted octanol–water partition coefficient (Wildman–Crippen LogP) is 3.99. The maximum atomic E-state index is 12.0. The van der Waals surface area contributed by atoms with Crippen LogP contribution in [0.1, 0.15) is 24.2 Å². The molecule has 0 aromatic heterocycles. The minimum Gasteiger partial charge on any atom is -0.491 e. The van der Waals surface area contributed by atoms with E-state index in [1.807, 2.05) is 38.3 Å². The number of hydrogen-bond donors (Lipinski definition) is 1. The second-order valence-electron chi connectivity index (χ2n) is 5.52. The van der Waals surface area contributed by atoms with Gasteiger partial charge in [-0.1, -0.05) is 12.1 Å². The molecule has 5 nitrogen and oxygen atoms in total. The minimum absolute atomic E-state index is 0.0608. The van der Waals surface area contributed by atoms with Gasteiger partial charge in [-0.25, -0.2) is 4.79 Å². The van der Waals surface area contributed by atoms with Crippen molar-refractivity contribution in [3.05, 3.63) is 54.1 Å². The van der Waals surface area contributed by atoms with Crippen LogP contribution in [-0.4, -0.2) is 30.8 Å². The van der Waals surface area contributed by atoms with E-state index >= 15 is 0 Å². The van der Waals surface area contributed by atoms with E-state index in [-0.39, 0.29) is 18.6 Å². The van der Waals surface area contributed by atoms with Gasteiger partial charge in [-0.3, -0.25) is 4.79 Å². The number of para-hydroxylation sites is 1. The molecule has 0 saturated heterocycles. The Balaban J connectivity index is 1.87. The molecule has 2 aromatic rings. The SMILES string of the molecule is CSc1ccccc1NC(=O)COC(=O)c1ccc(OC(C)C)cc1. The summed E-state index contributed by atoms with van der Waals surface area (Å²) in [7, 11) is 0. The van der Waals surface area contributed by atoms with Crippen LogP contribution in [0.2, 0.25) is 0 Å². The molecule has 0 aliphatic rings. The average Bonchev–Trinajstić information content (AvgIpc) is 2.60. The number of carbonyl (C=O) groups is 2. The molecule has 2 aromatic carbocycles. The quantitative estimate of drug-likeness (QED) is 0.598. The van der Waals surface area contributed by atoms with Gasteiger partial charge in [0, 0.05) is 4.90 Å². The summed E-state index contributed by atoms with van der Waals surface area (Å²) < 4.78 is 10.6. The summed E-state index contributed by atoms with van der Waals surface area (Å²) in [5.41, 5.74) is 1.07. The fourth-order valence-corrected chi connectivity index (χ4v) is 2.64. The largest absolute Gasteiger partial charge is 0.491 e. The normalized spacial score (nSPS) is 10.4. The molecule has 0 aliphatic heterocycles. The minimum atomic E-state index is -0.551. The molecule has 2 rings (SSSR count). The number of hydrogen-bond acceptors (Lipinski definition) is 5. The van der Waals surface area contributed by atoms with Crippen molar-refractivity contribution in [3.63, 3.8) is 0 Å². The van der Waals surface area contributed by atoms with Gasteiger partial charge in [0.15, 0.2) is 6.61 Å². The fourth-order valence-electron chi connectivity index (χ4n) is 2.09. The summed E-state index contributed by atoms with van der Waals surface area (Å²) >= 11 is 1.53. The number of anilines is 1. The smallest absolute Gasteiger partial charge is 0.338 e. The summed E-state index contributed by atoms with van der Waals surface area (Å²) in [6.07, 6.45) is 1.99. The molecule has 0 saturated carbocycles. The van der Waals surface area contributed by atoms with E-state index in [2.05, 4.69) is 5.32 Å². The van der Waals surface area contributed by atoms with Gasteiger partial charge in [0.25, 0.3) is 5.91 Å². The first-order chi connectivity index (χ1) is 12.0. The summed E-state index contributed by atoms with van der Waals surface area (Å²) in [6.45, 7) is 3.51. The molecule has 0 heterocycles. The standard InChI is InChI=1S/C19H21NO4S/c1-13(2)24-15-10-8-14(9-11-15)19(22)23-12-18(21)20-16-6-4-5-7-17(16)25-3/h4-11,13H,12H2,1-3H3,(H,20,21). The highest BCUT2D eigenvalue weighted by molar-refractivity contribution is 7.98. The van der Waals surface area contributed by atoms with Crippen LogP contribution in [0.3, 0.4) is 0 Å². The van der Waals surface area contributed by atoms with Crippen molar-refractivity contribution >= 4 is 29.3 Å². The van der Waals surface area contributed by atoms with Crippen molar-refractivity contribution in [2.75, 3.05) is 18.2 Å². The van der Waals surface area contributed by atoms with Gasteiger partial charge < -0.3 is 14.8 Å². The van der Waals surface area contributed by atoms with E-state index in [0.29, 0.717) is 17.0 Å². The molecular formula is C19H21NO4S. The molecule has 6 heteroatoms. The molecule has 132 valence electrons. The maximum absolute atomic E-state index is 12.0. The van der Waals surface area contributed by atoms with Crippen LogP contribution < -0.4 is 10.1 Å². The molecule has 0 aliphatic carbocycles. The molecule has 25 heavy (non-hydrogen) atoms. The number of amides is 1. The van der Waals surface area contributed by atoms with E-state index in [1.165, 1.54) is 11.8 Å². The Morgan fingerprint density at radius 2 is 1.76 bits per heavy atom. The van der Waals surface area contributed by atoms with E-state index < -0.39 is 5.97 Å². The molecule has 1 amide bonds. The predicted molar refractivity (Wildman–Crippen MR) is 99.3 cm³/mol. The molecule has 0 fully saturated rings. The lowest BCUT2D eigenvalue weighted by Crippen LogP contribution is -2.21. The van der Waals surface area contributed by atoms with E-state index in [1.54, 1.807) is 30.3 Å². The van der Waals surface area contributed by atoms with Crippen molar-refractivity contribution in [2.45, 2.75) is 24.8 Å². The van der Waals surface area contributed by atoms with Gasteiger partial charge in [-0.2, -0.15) is 0 Å². The monoisotopic (exact) mass is 359 g/mol. The first kappa shape index (κ1) is 18.9. The Kier molecular flexibility index (Phi) is 6.89. The number of ether oxygens (including phenoxy) is 2. The molecule has 1 N–H and O–H groups in total. The highest BCUT2D eigenvalue weighted by atomic mass is 32.2. The fraction of sp³-hybridized carbons (Fsp3) is 0.263. The van der Waals surface area contributed by atoms with Crippen molar-refractivity contribution in [1.82, 2.24) is 0 Å². The molecule has 0 radical (unpaired) electrons. The van der Waals surface area contributed by atoms with Crippen LogP contribution in [-0.2, 0) is 9.53 Å². The first-order valence-electron chi connectivity index (χ1n) is 7.86. The Bertz CT molecular complexity index is 728. The first-order valence-corrected chi connectivity index (χ1v) is 9.08. The Labute approximate surface area is 151 Å². The molecule has 0 spiro atoms. The second kappa shape index (κ2) is 9.13. The van der Waals surface area contributed by atoms with Crippen molar-refractivity contribution in [3.8, 4) is 5.75 Å². The highest BCUT2D eigenvalue weighted by Crippen LogP contribution is 2.24. The number of thioether (sulfide) groups is 1. The van der Waals surface area contributed by atoms with Crippen LogP contribution in [0.4, 0.5) is 5.69 Å². The lowest BCUT2D eigenvalue weighted by molar-refractivity contribution is -0.119. The van der Waals surface area contributed by atoms with E-state index in [9.17, 15) is 9.59 Å². The van der Waals surface area contributed by atoms with Crippen molar-refractivity contribution < 1.29 is 19.1 Å². The molecule has 0 bridgehead atoms. The van der Waals surface area contributed by atoms with Crippen molar-refractivity contribution in [2.24, 2.45) is 0 Å². The lowest BCUT2D eigenvalue weighted by atomic mass is 10.2. The van der Waals surface area contributed by atoms with Gasteiger partial charge in [0.2, 0.25) is 0 Å². The number of esters is 1. The molecular weight excluding hydrogens is 338 g/mol. The summed E-state index contributed by atoms with van der Waals surface area (Å²) in [5.74, 6) is -0.253. The van der Waals surface area contributed by atoms with Gasteiger partial charge in [-0.05, 0) is 56.5 Å². The van der Waals surface area contributed by atoms with Crippen LogP contribution in [0, 0.1) is 0 Å². The zero-order chi connectivity index (χ0) is 18.2. The number of carbonyl (C=O) groups excluding carboxylic acids is 2. The molecule has 0 unspecified atom stereocenters. The summed E-state index contributed by atoms with van der Waals surface area (Å²) in [4.78, 5) is 24.9. The Hall–Kier alpha value is -2.47. The third kappa shape index (κ3) is 5.83. The van der Waals surface area contributed by atoms with E-state index in [0.717, 1.165) is 4.90 Å². The van der Waals surface area contributed by atoms with Gasteiger partial charge >= 0.3 is 5.97 Å². The third-order valence-electron chi connectivity index (χ3n) is 3.18. The number of nitrogens with one attached hydrogen (secondary N) is 1. The van der Waals surface area contributed by atoms with E-state index in [4.69, 9.17) is 9.47 Å². The van der Waals surface area contributed by atoms with Gasteiger partial charge in [0.1, 0.15) is 5.75 Å². The second-order valence-corrected chi connectivity index (χ2v) is 6.36. The number of benzene rings is 2. The number of rotatable bonds is 7. The Morgan fingerprint density at radius 1 is 1.08 bits per heavy atom. The van der Waals surface area contributed by atoms with Gasteiger partial charge in [0.05, 0.1) is 17.4 Å². The third-order valence-corrected chi connectivity index (χ3v) is 3.97. The molecule has 0 atom stereocenters. The summed E-state index contributed by atoms with van der Waals surface area (Å²) in [5, 5.41) is 2.74. The van der Waals surface area contributed by atoms with Crippen LogP contribution in [0.15, 0.2) is 53.4 Å². The summed E-state index contributed by atoms with van der Waals surface area (Å²) in [6, 6.07) is 14.1. The van der Waals surface area contributed by atoms with Crippen LogP contribution in [0.25, 0.3) is 0 Å². The zero-order valence-corrected chi connectivity index (χ0v) is 15.3. The highest BCUT2D eigenvalue weighted by Gasteiger charge is 2.12. The van der Waals surface area contributed by atoms with Gasteiger partial charge in [-0.15, -0.1) is 11.8 Å². The lowest BCUT2D eigenvalue weighted by Gasteiger charge is -2.11. The zero-order valence-electron chi connectivity index (χ0n) is 14.4. The average molecular weight is 359 g/mol. The maximum Gasteiger partial charge on any atom is 0.338 e. The topological polar surface area (TPSA) is 64.6 Å². The van der Waals surface area contributed by atoms with Crippen LogP contribution in [0.5, 0.6) is 5.75 Å². The van der Waals surface area contributed by atoms with Crippen LogP contribution >= 0.6 is 11.8 Å². The Morgan fingerprint density at radius 3 is 2.40 bits per heavy atom.